The number of methoxy groups -OCH3 is 1. The van der Waals surface area contributed by atoms with Gasteiger partial charge in [0.05, 0.1) is 12.5 Å². The van der Waals surface area contributed by atoms with Crippen LogP contribution in [-0.2, 0) is 19.1 Å². The Labute approximate surface area is 206 Å². The maximum atomic E-state index is 13.5. The third-order valence-corrected chi connectivity index (χ3v) is 6.55. The van der Waals surface area contributed by atoms with Crippen LogP contribution in [0, 0.1) is 6.92 Å². The van der Waals surface area contributed by atoms with Crippen LogP contribution in [0.3, 0.4) is 0 Å². The van der Waals surface area contributed by atoms with Gasteiger partial charge in [-0.1, -0.05) is 54.9 Å². The number of hydrogen-bond acceptors (Lipinski definition) is 4. The Morgan fingerprint density at radius 3 is 2.56 bits per heavy atom. The SMILES string of the molecule is CCC(C(=O)N(CCCOC)CC(=O)N1CC(=O)N(c2cccc(Cl)c2C)C1)c1ccccc1. The average molecular weight is 486 g/mol. The first-order valence-corrected chi connectivity index (χ1v) is 11.9. The summed E-state index contributed by atoms with van der Waals surface area (Å²) in [4.78, 5) is 44.1. The topological polar surface area (TPSA) is 70.2 Å². The molecule has 1 fully saturated rings. The van der Waals surface area contributed by atoms with E-state index >= 15 is 0 Å². The highest BCUT2D eigenvalue weighted by molar-refractivity contribution is 6.31. The van der Waals surface area contributed by atoms with E-state index in [0.717, 1.165) is 11.1 Å². The van der Waals surface area contributed by atoms with Crippen molar-refractivity contribution in [1.82, 2.24) is 9.80 Å². The predicted octanol–water partition coefficient (Wildman–Crippen LogP) is 3.84. The van der Waals surface area contributed by atoms with E-state index in [4.69, 9.17) is 16.3 Å². The summed E-state index contributed by atoms with van der Waals surface area (Å²) in [5, 5.41) is 0.566. The number of carbonyl (C=O) groups is 3. The van der Waals surface area contributed by atoms with E-state index in [-0.39, 0.29) is 43.4 Å². The zero-order chi connectivity index (χ0) is 24.7. The molecule has 3 amide bonds. The van der Waals surface area contributed by atoms with E-state index < -0.39 is 0 Å². The van der Waals surface area contributed by atoms with Crippen molar-refractivity contribution in [3.8, 4) is 0 Å². The minimum Gasteiger partial charge on any atom is -0.385 e. The van der Waals surface area contributed by atoms with Crippen LogP contribution in [0.1, 0.15) is 36.8 Å². The van der Waals surface area contributed by atoms with Crippen molar-refractivity contribution in [2.45, 2.75) is 32.6 Å². The maximum Gasteiger partial charge on any atom is 0.248 e. The van der Waals surface area contributed by atoms with Gasteiger partial charge in [-0.2, -0.15) is 0 Å². The molecule has 0 bridgehead atoms. The molecule has 8 heteroatoms. The largest absolute Gasteiger partial charge is 0.385 e. The molecule has 0 spiro atoms. The molecule has 3 rings (SSSR count). The molecule has 1 aliphatic heterocycles. The Balaban J connectivity index is 1.74. The van der Waals surface area contributed by atoms with Gasteiger partial charge in [-0.15, -0.1) is 0 Å². The zero-order valence-electron chi connectivity index (χ0n) is 20.0. The first-order chi connectivity index (χ1) is 16.4. The normalized spacial score (nSPS) is 14.4. The van der Waals surface area contributed by atoms with Crippen LogP contribution in [0.25, 0.3) is 0 Å². The van der Waals surface area contributed by atoms with Gasteiger partial charge in [0.15, 0.2) is 0 Å². The fourth-order valence-electron chi connectivity index (χ4n) is 4.20. The molecule has 0 saturated carbocycles. The van der Waals surface area contributed by atoms with Gasteiger partial charge >= 0.3 is 0 Å². The van der Waals surface area contributed by atoms with Crippen molar-refractivity contribution >= 4 is 35.0 Å². The van der Waals surface area contributed by atoms with Crippen LogP contribution in [0.5, 0.6) is 0 Å². The van der Waals surface area contributed by atoms with E-state index in [1.165, 1.54) is 4.90 Å². The second-order valence-electron chi connectivity index (χ2n) is 8.42. The summed E-state index contributed by atoms with van der Waals surface area (Å²) in [6, 6.07) is 15.0. The quantitative estimate of drug-likeness (QED) is 0.479. The molecule has 34 heavy (non-hydrogen) atoms. The molecule has 0 N–H and O–H groups in total. The van der Waals surface area contributed by atoms with Gasteiger partial charge < -0.3 is 14.5 Å². The lowest BCUT2D eigenvalue weighted by Crippen LogP contribution is -2.45. The number of ether oxygens (including phenoxy) is 1. The van der Waals surface area contributed by atoms with Crippen molar-refractivity contribution in [2.75, 3.05) is 44.9 Å². The number of nitrogens with zero attached hydrogens (tertiary/aromatic N) is 3. The molecule has 2 aromatic carbocycles. The number of benzene rings is 2. The number of carbonyl (C=O) groups excluding carboxylic acids is 3. The molecular weight excluding hydrogens is 454 g/mol. The second-order valence-corrected chi connectivity index (χ2v) is 8.82. The average Bonchev–Trinajstić information content (AvgIpc) is 3.23. The van der Waals surface area contributed by atoms with Gasteiger partial charge in [0.2, 0.25) is 17.7 Å². The lowest BCUT2D eigenvalue weighted by molar-refractivity contribution is -0.141. The van der Waals surface area contributed by atoms with Crippen LogP contribution < -0.4 is 4.90 Å². The van der Waals surface area contributed by atoms with E-state index in [1.807, 2.05) is 50.2 Å². The summed E-state index contributed by atoms with van der Waals surface area (Å²) in [5.74, 6) is -0.857. The molecule has 1 saturated heterocycles. The smallest absolute Gasteiger partial charge is 0.248 e. The van der Waals surface area contributed by atoms with Crippen LogP contribution in [0.2, 0.25) is 5.02 Å². The lowest BCUT2D eigenvalue weighted by Gasteiger charge is -2.28. The second kappa shape index (κ2) is 12.0. The van der Waals surface area contributed by atoms with E-state index in [1.54, 1.807) is 29.0 Å². The van der Waals surface area contributed by atoms with Gasteiger partial charge in [0.1, 0.15) is 13.2 Å². The Morgan fingerprint density at radius 2 is 1.88 bits per heavy atom. The monoisotopic (exact) mass is 485 g/mol. The van der Waals surface area contributed by atoms with Gasteiger partial charge in [0, 0.05) is 31.0 Å². The van der Waals surface area contributed by atoms with E-state index in [9.17, 15) is 14.4 Å². The minimum atomic E-state index is -0.331. The molecule has 2 aromatic rings. The number of rotatable bonds is 10. The molecule has 7 nitrogen and oxygen atoms in total. The van der Waals surface area contributed by atoms with Crippen molar-refractivity contribution in [1.29, 1.82) is 0 Å². The number of hydrogen-bond donors (Lipinski definition) is 0. The zero-order valence-corrected chi connectivity index (χ0v) is 20.8. The summed E-state index contributed by atoms with van der Waals surface area (Å²) >= 11 is 6.22. The van der Waals surface area contributed by atoms with Crippen LogP contribution >= 0.6 is 11.6 Å². The fraction of sp³-hybridized carbons (Fsp3) is 0.423. The summed E-state index contributed by atoms with van der Waals surface area (Å²) in [5.41, 5.74) is 2.41. The van der Waals surface area contributed by atoms with Crippen molar-refractivity contribution in [3.63, 3.8) is 0 Å². The van der Waals surface area contributed by atoms with Crippen LogP contribution in [0.15, 0.2) is 48.5 Å². The molecular formula is C26H32ClN3O4. The minimum absolute atomic E-state index is 0.0270. The summed E-state index contributed by atoms with van der Waals surface area (Å²) in [7, 11) is 1.61. The van der Waals surface area contributed by atoms with E-state index in [2.05, 4.69) is 0 Å². The molecule has 182 valence electrons. The van der Waals surface area contributed by atoms with Crippen LogP contribution in [0.4, 0.5) is 5.69 Å². The molecule has 1 aliphatic rings. The number of anilines is 1. The van der Waals surface area contributed by atoms with Gasteiger partial charge in [-0.05, 0) is 43.0 Å². The highest BCUT2D eigenvalue weighted by atomic mass is 35.5. The Hall–Kier alpha value is -2.90. The third kappa shape index (κ3) is 5.96. The number of amides is 3. The lowest BCUT2D eigenvalue weighted by atomic mass is 9.95. The summed E-state index contributed by atoms with van der Waals surface area (Å²) in [6.07, 6.45) is 1.25. The molecule has 1 heterocycles. The first kappa shape index (κ1) is 25.7. The molecule has 0 radical (unpaired) electrons. The summed E-state index contributed by atoms with van der Waals surface area (Å²) in [6.45, 7) is 4.73. The fourth-order valence-corrected chi connectivity index (χ4v) is 4.37. The highest BCUT2D eigenvalue weighted by Gasteiger charge is 2.34. The van der Waals surface area contributed by atoms with Gasteiger partial charge in [-0.3, -0.25) is 19.3 Å². The third-order valence-electron chi connectivity index (χ3n) is 6.14. The van der Waals surface area contributed by atoms with Gasteiger partial charge in [-0.25, -0.2) is 0 Å². The van der Waals surface area contributed by atoms with Crippen molar-refractivity contribution < 1.29 is 19.1 Å². The molecule has 0 aliphatic carbocycles. The Morgan fingerprint density at radius 1 is 1.15 bits per heavy atom. The Kier molecular flexibility index (Phi) is 9.07. The van der Waals surface area contributed by atoms with Crippen molar-refractivity contribution in [2.24, 2.45) is 0 Å². The predicted molar refractivity (Wildman–Crippen MR) is 133 cm³/mol. The van der Waals surface area contributed by atoms with Gasteiger partial charge in [0.25, 0.3) is 0 Å². The van der Waals surface area contributed by atoms with Crippen molar-refractivity contribution in [3.05, 3.63) is 64.7 Å². The molecule has 1 atom stereocenters. The molecule has 0 aromatic heterocycles. The Bertz CT molecular complexity index is 1010. The highest BCUT2D eigenvalue weighted by Crippen LogP contribution is 2.29. The van der Waals surface area contributed by atoms with Crippen LogP contribution in [-0.4, -0.2) is 67.5 Å². The first-order valence-electron chi connectivity index (χ1n) is 11.5. The summed E-state index contributed by atoms with van der Waals surface area (Å²) < 4.78 is 5.15. The molecule has 1 unspecified atom stereocenters. The maximum absolute atomic E-state index is 13.5. The van der Waals surface area contributed by atoms with E-state index in [0.29, 0.717) is 36.7 Å². The number of halogens is 1. The standard InChI is InChI=1S/C26H32ClN3O4/c1-4-21(20-10-6-5-7-11-20)26(33)28(14-9-15-34-3)16-24(31)29-17-25(32)30(18-29)23-13-8-12-22(27)19(23)2/h5-8,10-13,21H,4,9,14-18H2,1-3H3.